The topological polar surface area (TPSA) is 63.6 Å². The summed E-state index contributed by atoms with van der Waals surface area (Å²) in [7, 11) is 0. The van der Waals surface area contributed by atoms with Crippen LogP contribution in [0.5, 0.6) is 0 Å². The molecule has 1 aliphatic heterocycles. The van der Waals surface area contributed by atoms with E-state index in [1.165, 1.54) is 6.08 Å². The summed E-state index contributed by atoms with van der Waals surface area (Å²) in [5.41, 5.74) is 1.76. The molecule has 0 aromatic rings. The Morgan fingerprint density at radius 2 is 2.05 bits per heavy atom. The Bertz CT molecular complexity index is 498. The summed E-state index contributed by atoms with van der Waals surface area (Å²) < 4.78 is 5.26. The largest absolute Gasteiger partial charge is 0.458 e. The summed E-state index contributed by atoms with van der Waals surface area (Å²) in [6.45, 7) is 7.26. The van der Waals surface area contributed by atoms with Gasteiger partial charge in [-0.2, -0.15) is 0 Å². The molecule has 1 heterocycles. The molecule has 4 nitrogen and oxygen atoms in total. The Kier molecular flexibility index (Phi) is 3.71. The third-order valence-corrected chi connectivity index (χ3v) is 3.71. The molecule has 19 heavy (non-hydrogen) atoms. The second-order valence-electron chi connectivity index (χ2n) is 5.22. The normalized spacial score (nSPS) is 37.8. The molecule has 0 spiro atoms. The van der Waals surface area contributed by atoms with Crippen LogP contribution >= 0.6 is 0 Å². The van der Waals surface area contributed by atoms with Crippen molar-refractivity contribution in [1.82, 2.24) is 0 Å². The highest BCUT2D eigenvalue weighted by atomic mass is 16.6. The van der Waals surface area contributed by atoms with Crippen molar-refractivity contribution in [1.29, 1.82) is 0 Å². The first-order valence-corrected chi connectivity index (χ1v) is 6.35. The number of ether oxygens (including phenoxy) is 1. The molecule has 0 aromatic heterocycles. The van der Waals surface area contributed by atoms with Crippen LogP contribution in [0.25, 0.3) is 0 Å². The van der Waals surface area contributed by atoms with Gasteiger partial charge in [0.05, 0.1) is 12.0 Å². The van der Waals surface area contributed by atoms with Crippen molar-refractivity contribution in [2.24, 2.45) is 5.92 Å². The van der Waals surface area contributed by atoms with E-state index in [9.17, 15) is 14.7 Å². The molecule has 0 aromatic carbocycles. The molecule has 0 radical (unpaired) electrons. The van der Waals surface area contributed by atoms with Gasteiger partial charge in [0, 0.05) is 18.4 Å². The average molecular weight is 262 g/mol. The van der Waals surface area contributed by atoms with Crippen molar-refractivity contribution in [2.75, 3.05) is 0 Å². The van der Waals surface area contributed by atoms with Gasteiger partial charge in [0.2, 0.25) is 0 Å². The van der Waals surface area contributed by atoms with E-state index >= 15 is 0 Å². The highest BCUT2D eigenvalue weighted by molar-refractivity contribution is 5.96. The molecule has 0 bridgehead atoms. The van der Waals surface area contributed by atoms with Gasteiger partial charge >= 0.3 is 5.97 Å². The second kappa shape index (κ2) is 5.13. The van der Waals surface area contributed by atoms with Crippen LogP contribution < -0.4 is 0 Å². The van der Waals surface area contributed by atoms with E-state index in [1.807, 2.05) is 13.0 Å². The molecular formula is C15H18O4. The fraction of sp³-hybridized carbons (Fsp3) is 0.467. The molecule has 2 aliphatic rings. The first kappa shape index (κ1) is 13.7. The van der Waals surface area contributed by atoms with Gasteiger partial charge < -0.3 is 9.84 Å². The Morgan fingerprint density at radius 1 is 1.37 bits per heavy atom. The van der Waals surface area contributed by atoms with Crippen molar-refractivity contribution in [3.63, 3.8) is 0 Å². The van der Waals surface area contributed by atoms with Gasteiger partial charge in [-0.15, -0.1) is 0 Å². The summed E-state index contributed by atoms with van der Waals surface area (Å²) in [5.74, 6) is -0.956. The molecule has 0 saturated carbocycles. The van der Waals surface area contributed by atoms with Gasteiger partial charge in [-0.05, 0) is 25.5 Å². The second-order valence-corrected chi connectivity index (χ2v) is 5.22. The quantitative estimate of drug-likeness (QED) is 0.410. The van der Waals surface area contributed by atoms with Crippen LogP contribution in [0.4, 0.5) is 0 Å². The van der Waals surface area contributed by atoms with Crippen molar-refractivity contribution in [3.8, 4) is 0 Å². The fourth-order valence-corrected chi connectivity index (χ4v) is 2.52. The van der Waals surface area contributed by atoms with E-state index in [2.05, 4.69) is 6.58 Å². The van der Waals surface area contributed by atoms with Crippen LogP contribution in [0.3, 0.4) is 0 Å². The summed E-state index contributed by atoms with van der Waals surface area (Å²) >= 11 is 0. The number of carbonyl (C=O) groups is 2. The Labute approximate surface area is 112 Å². The van der Waals surface area contributed by atoms with Gasteiger partial charge in [-0.1, -0.05) is 18.2 Å². The molecule has 0 amide bonds. The van der Waals surface area contributed by atoms with Gasteiger partial charge in [0.15, 0.2) is 5.78 Å². The van der Waals surface area contributed by atoms with Crippen molar-refractivity contribution in [3.05, 3.63) is 35.5 Å². The minimum atomic E-state index is -0.918. The van der Waals surface area contributed by atoms with E-state index in [4.69, 9.17) is 4.74 Å². The van der Waals surface area contributed by atoms with Crippen LogP contribution in [0.2, 0.25) is 0 Å². The van der Waals surface area contributed by atoms with Crippen molar-refractivity contribution >= 4 is 11.8 Å². The van der Waals surface area contributed by atoms with E-state index in [1.54, 1.807) is 6.92 Å². The van der Waals surface area contributed by atoms with Crippen LogP contribution in [0.1, 0.15) is 26.7 Å². The maximum absolute atomic E-state index is 11.8. The average Bonchev–Trinajstić information content (AvgIpc) is 2.60. The van der Waals surface area contributed by atoms with E-state index in [-0.39, 0.29) is 11.4 Å². The number of ketones is 1. The zero-order chi connectivity index (χ0) is 14.2. The number of fused-ring (bicyclic) bond motifs is 1. The Balaban J connectivity index is 2.39. The van der Waals surface area contributed by atoms with Gasteiger partial charge in [-0.25, -0.2) is 4.79 Å². The van der Waals surface area contributed by atoms with Crippen LogP contribution in [-0.4, -0.2) is 29.1 Å². The molecule has 2 rings (SSSR count). The number of hydrogen-bond donors (Lipinski definition) is 1. The third kappa shape index (κ3) is 2.68. The summed E-state index contributed by atoms with van der Waals surface area (Å²) in [5, 5.41) is 10.2. The van der Waals surface area contributed by atoms with Crippen LogP contribution in [-0.2, 0) is 14.3 Å². The highest BCUT2D eigenvalue weighted by Gasteiger charge is 2.42. The predicted octanol–water partition coefficient (Wildman–Crippen LogP) is 1.70. The minimum absolute atomic E-state index is 0.0206. The molecular weight excluding hydrogens is 244 g/mol. The first-order chi connectivity index (χ1) is 8.90. The summed E-state index contributed by atoms with van der Waals surface area (Å²) in [6.07, 6.45) is 2.87. The number of esters is 1. The predicted molar refractivity (Wildman–Crippen MR) is 70.3 cm³/mol. The molecule has 4 heteroatoms. The fourth-order valence-electron chi connectivity index (χ4n) is 2.52. The standard InChI is InChI=1S/C15H18O4/c1-8-4-5-11(16)9(2)7-12(17)14-10(3)15(18)19-13(14)6-8/h4,7,12-14,17H,3,5-6H2,1-2H3/b8-4+,9-7+/t12-,13-,14-/m0/s1. The zero-order valence-corrected chi connectivity index (χ0v) is 11.2. The first-order valence-electron chi connectivity index (χ1n) is 6.35. The molecule has 1 N–H and O–H groups in total. The molecule has 102 valence electrons. The lowest BCUT2D eigenvalue weighted by Crippen LogP contribution is -2.29. The number of allylic oxidation sites excluding steroid dienone is 2. The molecule has 1 aliphatic carbocycles. The van der Waals surface area contributed by atoms with E-state index in [0.29, 0.717) is 18.4 Å². The highest BCUT2D eigenvalue weighted by Crippen LogP contribution is 2.34. The SMILES string of the molecule is C=C1C(=O)O[C@H]2C/C(C)=C/CC(=O)/C(C)=C/[C@H](O)[C@H]12. The number of Topliss-reactive ketones (excluding diaryl/α,β-unsaturated/α-hetero) is 1. The lowest BCUT2D eigenvalue weighted by atomic mass is 9.86. The molecule has 1 fully saturated rings. The number of hydrogen-bond acceptors (Lipinski definition) is 4. The monoisotopic (exact) mass is 262 g/mol. The molecule has 3 atom stereocenters. The summed E-state index contributed by atoms with van der Waals surface area (Å²) in [4.78, 5) is 23.4. The van der Waals surface area contributed by atoms with Crippen molar-refractivity contribution < 1.29 is 19.4 Å². The van der Waals surface area contributed by atoms with Gasteiger partial charge in [0.1, 0.15) is 6.10 Å². The van der Waals surface area contributed by atoms with Gasteiger partial charge in [0.25, 0.3) is 0 Å². The zero-order valence-electron chi connectivity index (χ0n) is 11.2. The lowest BCUT2D eigenvalue weighted by Gasteiger charge is -2.22. The number of rotatable bonds is 0. The number of aliphatic hydroxyl groups is 1. The number of carbonyl (C=O) groups excluding carboxylic acids is 2. The Morgan fingerprint density at radius 3 is 2.74 bits per heavy atom. The Hall–Kier alpha value is -1.68. The smallest absolute Gasteiger partial charge is 0.334 e. The van der Waals surface area contributed by atoms with Crippen molar-refractivity contribution in [2.45, 2.75) is 38.9 Å². The van der Waals surface area contributed by atoms with Crippen LogP contribution in [0.15, 0.2) is 35.5 Å². The maximum atomic E-state index is 11.8. The lowest BCUT2D eigenvalue weighted by molar-refractivity contribution is -0.139. The van der Waals surface area contributed by atoms with Gasteiger partial charge in [-0.3, -0.25) is 4.79 Å². The minimum Gasteiger partial charge on any atom is -0.458 e. The molecule has 1 saturated heterocycles. The maximum Gasteiger partial charge on any atom is 0.334 e. The summed E-state index contributed by atoms with van der Waals surface area (Å²) in [6, 6.07) is 0. The van der Waals surface area contributed by atoms with E-state index < -0.39 is 24.1 Å². The van der Waals surface area contributed by atoms with Crippen LogP contribution in [0, 0.1) is 5.92 Å². The number of aliphatic hydroxyl groups excluding tert-OH is 1. The third-order valence-electron chi connectivity index (χ3n) is 3.71. The van der Waals surface area contributed by atoms with E-state index in [0.717, 1.165) is 5.57 Å². The molecule has 0 unspecified atom stereocenters.